The number of ether oxygens (including phenoxy) is 1. The number of anilines is 1. The third-order valence-electron chi connectivity index (χ3n) is 4.05. The topological polar surface area (TPSA) is 92.8 Å². The first-order valence-electron chi connectivity index (χ1n) is 9.16. The molecule has 0 aliphatic heterocycles. The van der Waals surface area contributed by atoms with Gasteiger partial charge in [0.05, 0.1) is 24.6 Å². The smallest absolute Gasteiger partial charge is 0.341 e. The number of nitrogens with zero attached hydrogens (tertiary/aromatic N) is 1. The predicted octanol–water partition coefficient (Wildman–Crippen LogP) is 2.83. The molecular formula is C20H21F3N2O5S. The van der Waals surface area contributed by atoms with Crippen molar-refractivity contribution in [2.24, 2.45) is 0 Å². The molecule has 0 aliphatic rings. The zero-order chi connectivity index (χ0) is 23.0. The highest BCUT2D eigenvalue weighted by Gasteiger charge is 2.26. The fourth-order valence-corrected chi connectivity index (χ4v) is 3.36. The summed E-state index contributed by atoms with van der Waals surface area (Å²) in [7, 11) is -4.73. The van der Waals surface area contributed by atoms with Gasteiger partial charge < -0.3 is 10.1 Å². The lowest BCUT2D eigenvalue weighted by Crippen LogP contribution is -2.37. The summed E-state index contributed by atoms with van der Waals surface area (Å²) in [6.07, 6.45) is 0. The molecule has 11 heteroatoms. The van der Waals surface area contributed by atoms with Gasteiger partial charge in [0.1, 0.15) is 5.82 Å². The Balaban J connectivity index is 2.06. The molecule has 2 rings (SSSR count). The minimum Gasteiger partial charge on any atom is -0.465 e. The van der Waals surface area contributed by atoms with Crippen molar-refractivity contribution in [3.63, 3.8) is 0 Å². The maximum absolute atomic E-state index is 13.1. The quantitative estimate of drug-likeness (QED) is 0.551. The van der Waals surface area contributed by atoms with Crippen molar-refractivity contribution < 1.29 is 35.9 Å². The number of benzene rings is 2. The summed E-state index contributed by atoms with van der Waals surface area (Å²) >= 11 is 0. The Morgan fingerprint density at radius 2 is 1.65 bits per heavy atom. The number of hydrogen-bond acceptors (Lipinski definition) is 6. The molecule has 0 unspecified atom stereocenters. The van der Waals surface area contributed by atoms with E-state index in [0.717, 1.165) is 12.1 Å². The Kier molecular flexibility index (Phi) is 8.57. The SMILES string of the molecule is CCOC(=O)CN(CC(=O)Nc1ccc(S(=O)(=O)C(F)F)cc1)Cc1ccc(F)cc1. The number of amides is 1. The number of alkyl halides is 2. The van der Waals surface area contributed by atoms with Crippen LogP contribution >= 0.6 is 0 Å². The van der Waals surface area contributed by atoms with Crippen LogP contribution in [0.15, 0.2) is 53.4 Å². The molecule has 2 aromatic rings. The van der Waals surface area contributed by atoms with Gasteiger partial charge in [-0.15, -0.1) is 0 Å². The van der Waals surface area contributed by atoms with E-state index in [0.29, 0.717) is 5.56 Å². The van der Waals surface area contributed by atoms with Gasteiger partial charge in [0, 0.05) is 12.2 Å². The average molecular weight is 458 g/mol. The van der Waals surface area contributed by atoms with Crippen molar-refractivity contribution in [3.05, 3.63) is 59.9 Å². The molecule has 1 amide bonds. The Morgan fingerprint density at radius 1 is 1.03 bits per heavy atom. The van der Waals surface area contributed by atoms with E-state index in [1.807, 2.05) is 0 Å². The van der Waals surface area contributed by atoms with Gasteiger partial charge in [0.25, 0.3) is 0 Å². The van der Waals surface area contributed by atoms with E-state index in [2.05, 4.69) is 5.32 Å². The van der Waals surface area contributed by atoms with Crippen molar-refractivity contribution in [3.8, 4) is 0 Å². The monoisotopic (exact) mass is 458 g/mol. The third kappa shape index (κ3) is 7.37. The van der Waals surface area contributed by atoms with Crippen LogP contribution in [0.3, 0.4) is 0 Å². The largest absolute Gasteiger partial charge is 0.465 e. The molecule has 0 aromatic heterocycles. The van der Waals surface area contributed by atoms with E-state index in [4.69, 9.17) is 4.74 Å². The van der Waals surface area contributed by atoms with Crippen LogP contribution in [-0.4, -0.2) is 50.6 Å². The van der Waals surface area contributed by atoms with E-state index in [-0.39, 0.29) is 31.9 Å². The molecule has 0 radical (unpaired) electrons. The molecule has 0 spiro atoms. The summed E-state index contributed by atoms with van der Waals surface area (Å²) in [4.78, 5) is 25.2. The van der Waals surface area contributed by atoms with Crippen molar-refractivity contribution in [2.45, 2.75) is 24.1 Å². The molecule has 0 aliphatic carbocycles. The molecule has 0 saturated heterocycles. The molecular weight excluding hydrogens is 437 g/mol. The fourth-order valence-electron chi connectivity index (χ4n) is 2.64. The first kappa shape index (κ1) is 24.4. The number of hydrogen-bond donors (Lipinski definition) is 1. The van der Waals surface area contributed by atoms with E-state index in [1.165, 1.54) is 41.3 Å². The van der Waals surface area contributed by atoms with Crippen molar-refractivity contribution in [1.29, 1.82) is 0 Å². The first-order chi connectivity index (χ1) is 14.6. The molecule has 2 aromatic carbocycles. The molecule has 168 valence electrons. The van der Waals surface area contributed by atoms with E-state index in [9.17, 15) is 31.2 Å². The molecule has 0 heterocycles. The second-order valence-electron chi connectivity index (χ2n) is 6.45. The number of nitrogens with one attached hydrogen (secondary N) is 1. The Hall–Kier alpha value is -2.92. The van der Waals surface area contributed by atoms with Gasteiger partial charge in [-0.1, -0.05) is 12.1 Å². The summed E-state index contributed by atoms with van der Waals surface area (Å²) in [5.74, 6) is -5.04. The molecule has 0 saturated carbocycles. The Labute approximate surface area is 177 Å². The Bertz CT molecular complexity index is 996. The zero-order valence-electron chi connectivity index (χ0n) is 16.6. The van der Waals surface area contributed by atoms with Gasteiger partial charge in [-0.3, -0.25) is 14.5 Å². The third-order valence-corrected chi connectivity index (χ3v) is 5.44. The highest BCUT2D eigenvalue weighted by molar-refractivity contribution is 7.91. The van der Waals surface area contributed by atoms with Gasteiger partial charge >= 0.3 is 11.7 Å². The van der Waals surface area contributed by atoms with Crippen LogP contribution in [0.2, 0.25) is 0 Å². The average Bonchev–Trinajstić information content (AvgIpc) is 2.70. The van der Waals surface area contributed by atoms with Crippen LogP contribution in [0.4, 0.5) is 18.9 Å². The summed E-state index contributed by atoms with van der Waals surface area (Å²) in [5, 5.41) is 2.51. The van der Waals surface area contributed by atoms with Crippen molar-refractivity contribution >= 4 is 27.4 Å². The minimum atomic E-state index is -4.73. The van der Waals surface area contributed by atoms with Crippen LogP contribution in [0, 0.1) is 5.82 Å². The Morgan fingerprint density at radius 3 is 2.19 bits per heavy atom. The van der Waals surface area contributed by atoms with Crippen LogP contribution in [-0.2, 0) is 30.7 Å². The summed E-state index contributed by atoms with van der Waals surface area (Å²) in [5.41, 5.74) is 0.858. The van der Waals surface area contributed by atoms with Crippen LogP contribution < -0.4 is 5.32 Å². The van der Waals surface area contributed by atoms with E-state index >= 15 is 0 Å². The van der Waals surface area contributed by atoms with Crippen LogP contribution in [0.1, 0.15) is 12.5 Å². The molecule has 7 nitrogen and oxygen atoms in total. The maximum atomic E-state index is 13.1. The second kappa shape index (κ2) is 10.9. The number of carbonyl (C=O) groups is 2. The number of rotatable bonds is 10. The molecule has 0 bridgehead atoms. The molecule has 0 fully saturated rings. The van der Waals surface area contributed by atoms with Gasteiger partial charge in [-0.25, -0.2) is 12.8 Å². The van der Waals surface area contributed by atoms with Crippen LogP contribution in [0.5, 0.6) is 0 Å². The van der Waals surface area contributed by atoms with E-state index < -0.39 is 38.2 Å². The summed E-state index contributed by atoms with van der Waals surface area (Å²) < 4.78 is 66.1. The van der Waals surface area contributed by atoms with Gasteiger partial charge in [0.2, 0.25) is 15.7 Å². The summed E-state index contributed by atoms with van der Waals surface area (Å²) in [6.45, 7) is 1.56. The lowest BCUT2D eigenvalue weighted by Gasteiger charge is -2.21. The van der Waals surface area contributed by atoms with Gasteiger partial charge in [0.15, 0.2) is 0 Å². The highest BCUT2D eigenvalue weighted by Crippen LogP contribution is 2.20. The van der Waals surface area contributed by atoms with Crippen LogP contribution in [0.25, 0.3) is 0 Å². The van der Waals surface area contributed by atoms with Crippen molar-refractivity contribution in [2.75, 3.05) is 25.0 Å². The standard InChI is InChI=1S/C20H21F3N2O5S/c1-2-30-19(27)13-25(11-14-3-5-15(21)6-4-14)12-18(26)24-16-7-9-17(10-8-16)31(28,29)20(22)23/h3-10,20H,2,11-13H2,1H3,(H,24,26). The molecule has 31 heavy (non-hydrogen) atoms. The lowest BCUT2D eigenvalue weighted by molar-refractivity contribution is -0.144. The van der Waals surface area contributed by atoms with Gasteiger partial charge in [-0.2, -0.15) is 8.78 Å². The van der Waals surface area contributed by atoms with E-state index in [1.54, 1.807) is 6.92 Å². The maximum Gasteiger partial charge on any atom is 0.341 e. The number of halogens is 3. The first-order valence-corrected chi connectivity index (χ1v) is 10.7. The number of carbonyl (C=O) groups excluding carboxylic acids is 2. The summed E-state index contributed by atoms with van der Waals surface area (Å²) in [6, 6.07) is 9.85. The lowest BCUT2D eigenvalue weighted by atomic mass is 10.2. The fraction of sp³-hybridized carbons (Fsp3) is 0.300. The highest BCUT2D eigenvalue weighted by atomic mass is 32.2. The second-order valence-corrected chi connectivity index (χ2v) is 8.37. The van der Waals surface area contributed by atoms with Gasteiger partial charge in [-0.05, 0) is 48.9 Å². The number of esters is 1. The zero-order valence-corrected chi connectivity index (χ0v) is 17.4. The minimum absolute atomic E-state index is 0.165. The number of sulfone groups is 1. The molecule has 0 atom stereocenters. The normalized spacial score (nSPS) is 11.5. The molecule has 1 N–H and O–H groups in total. The van der Waals surface area contributed by atoms with Crippen molar-refractivity contribution in [1.82, 2.24) is 4.90 Å². The predicted molar refractivity (Wildman–Crippen MR) is 107 cm³/mol.